The Labute approximate surface area is 49.0 Å². The van der Waals surface area contributed by atoms with Gasteiger partial charge in [0.05, 0.1) is 0 Å². The number of rotatable bonds is 5. The van der Waals surface area contributed by atoms with Gasteiger partial charge in [0, 0.05) is 6.54 Å². The summed E-state index contributed by atoms with van der Waals surface area (Å²) in [6.45, 7) is 3.20. The van der Waals surface area contributed by atoms with Crippen molar-refractivity contribution < 1.29 is 9.63 Å². The maximum absolute atomic E-state index is 9.48. The smallest absolute Gasteiger partial charge is 0.312 e. The van der Waals surface area contributed by atoms with E-state index in [0.717, 1.165) is 19.4 Å². The van der Waals surface area contributed by atoms with Gasteiger partial charge in [0.2, 0.25) is 0 Å². The fourth-order valence-electron chi connectivity index (χ4n) is 0.342. The van der Waals surface area contributed by atoms with E-state index in [0.29, 0.717) is 6.47 Å². The van der Waals surface area contributed by atoms with Gasteiger partial charge in [0.1, 0.15) is 0 Å². The Bertz CT molecular complexity index is 56.4. The first-order valence-corrected chi connectivity index (χ1v) is 2.74. The maximum Gasteiger partial charge on any atom is 0.312 e. The molecule has 1 N–H and O–H groups in total. The van der Waals surface area contributed by atoms with E-state index < -0.39 is 0 Å². The van der Waals surface area contributed by atoms with Gasteiger partial charge in [-0.1, -0.05) is 13.3 Å². The lowest BCUT2D eigenvalue weighted by atomic mass is 10.3. The second kappa shape index (κ2) is 6.43. The Morgan fingerprint density at radius 2 is 2.50 bits per heavy atom. The lowest BCUT2D eigenvalue weighted by molar-refractivity contribution is -0.135. The van der Waals surface area contributed by atoms with Gasteiger partial charge in [0.15, 0.2) is 0 Å². The van der Waals surface area contributed by atoms with Gasteiger partial charge in [-0.3, -0.25) is 4.79 Å². The molecule has 0 unspecified atom stereocenters. The summed E-state index contributed by atoms with van der Waals surface area (Å²) in [5.41, 5.74) is 2.47. The molecule has 0 radical (unpaired) electrons. The summed E-state index contributed by atoms with van der Waals surface area (Å²) >= 11 is 0. The minimum atomic E-state index is 0.385. The molecule has 0 atom stereocenters. The highest BCUT2D eigenvalue weighted by atomic mass is 16.7. The molecular formula is C5H11NO2. The van der Waals surface area contributed by atoms with E-state index in [1.807, 2.05) is 0 Å². The van der Waals surface area contributed by atoms with Crippen molar-refractivity contribution in [3.05, 3.63) is 0 Å². The van der Waals surface area contributed by atoms with Gasteiger partial charge in [-0.25, -0.2) is 0 Å². The number of carbonyl (C=O) groups is 1. The Kier molecular flexibility index (Phi) is 5.97. The maximum atomic E-state index is 9.48. The molecule has 0 aromatic rings. The van der Waals surface area contributed by atoms with Gasteiger partial charge in [-0.15, -0.1) is 0 Å². The van der Waals surface area contributed by atoms with Crippen molar-refractivity contribution in [2.45, 2.75) is 19.8 Å². The van der Waals surface area contributed by atoms with E-state index in [1.165, 1.54) is 0 Å². The third-order valence-electron chi connectivity index (χ3n) is 0.764. The molecule has 0 aliphatic rings. The Morgan fingerprint density at radius 1 is 1.75 bits per heavy atom. The molecule has 3 heteroatoms. The van der Waals surface area contributed by atoms with E-state index in [9.17, 15) is 4.79 Å². The summed E-state index contributed by atoms with van der Waals surface area (Å²) in [4.78, 5) is 13.7. The SMILES string of the molecule is CCCCNOC=O. The predicted octanol–water partition coefficient (Wildman–Crippen LogP) is 0.464. The lowest BCUT2D eigenvalue weighted by Gasteiger charge is -1.95. The number of unbranched alkanes of at least 4 members (excludes halogenated alkanes) is 1. The van der Waals surface area contributed by atoms with Crippen molar-refractivity contribution in [3.63, 3.8) is 0 Å². The normalized spacial score (nSPS) is 8.62. The summed E-state index contributed by atoms with van der Waals surface area (Å²) in [7, 11) is 0. The van der Waals surface area contributed by atoms with Crippen LogP contribution in [0.3, 0.4) is 0 Å². The first-order valence-electron chi connectivity index (χ1n) is 2.74. The highest BCUT2D eigenvalue weighted by Gasteiger charge is 1.80. The Hall–Kier alpha value is -0.570. The highest BCUT2D eigenvalue weighted by molar-refractivity contribution is 5.36. The summed E-state index contributed by atoms with van der Waals surface area (Å²) in [6.07, 6.45) is 2.14. The van der Waals surface area contributed by atoms with Crippen LogP contribution >= 0.6 is 0 Å². The molecule has 0 saturated carbocycles. The van der Waals surface area contributed by atoms with Crippen molar-refractivity contribution in [2.75, 3.05) is 6.54 Å². The van der Waals surface area contributed by atoms with Crippen LogP contribution in [0.25, 0.3) is 0 Å². The zero-order valence-corrected chi connectivity index (χ0v) is 5.02. The van der Waals surface area contributed by atoms with Crippen molar-refractivity contribution in [3.8, 4) is 0 Å². The van der Waals surface area contributed by atoms with Crippen LogP contribution in [0.4, 0.5) is 0 Å². The average Bonchev–Trinajstić information content (AvgIpc) is 1.81. The van der Waals surface area contributed by atoms with Crippen molar-refractivity contribution in [1.29, 1.82) is 0 Å². The molecular weight excluding hydrogens is 106 g/mol. The van der Waals surface area contributed by atoms with Crippen LogP contribution in [0.15, 0.2) is 0 Å². The van der Waals surface area contributed by atoms with Gasteiger partial charge < -0.3 is 4.84 Å². The zero-order chi connectivity index (χ0) is 6.24. The number of hydrogen-bond acceptors (Lipinski definition) is 3. The van der Waals surface area contributed by atoms with Crippen LogP contribution in [-0.2, 0) is 9.63 Å². The summed E-state index contributed by atoms with van der Waals surface area (Å²) in [5.74, 6) is 0. The molecule has 0 spiro atoms. The molecule has 8 heavy (non-hydrogen) atoms. The summed E-state index contributed by atoms with van der Waals surface area (Å²) in [5, 5.41) is 0. The quantitative estimate of drug-likeness (QED) is 0.323. The second-order valence-corrected chi connectivity index (χ2v) is 1.46. The van der Waals surface area contributed by atoms with Crippen molar-refractivity contribution in [1.82, 2.24) is 5.48 Å². The number of carbonyl (C=O) groups excluding carboxylic acids is 1. The van der Waals surface area contributed by atoms with Crippen molar-refractivity contribution >= 4 is 6.47 Å². The summed E-state index contributed by atoms with van der Waals surface area (Å²) in [6, 6.07) is 0. The molecule has 0 aromatic carbocycles. The Balaban J connectivity index is 2.62. The van der Waals surface area contributed by atoms with E-state index in [1.54, 1.807) is 0 Å². The fourth-order valence-corrected chi connectivity index (χ4v) is 0.342. The number of nitrogens with one attached hydrogen (secondary N) is 1. The first-order chi connectivity index (χ1) is 3.91. The van der Waals surface area contributed by atoms with Crippen LogP contribution in [0.1, 0.15) is 19.8 Å². The first kappa shape index (κ1) is 7.43. The molecule has 0 amide bonds. The molecule has 0 saturated heterocycles. The number of hydrogen-bond donors (Lipinski definition) is 1. The predicted molar refractivity (Wildman–Crippen MR) is 30.1 cm³/mol. The van der Waals surface area contributed by atoms with E-state index >= 15 is 0 Å². The van der Waals surface area contributed by atoms with Gasteiger partial charge >= 0.3 is 6.47 Å². The standard InChI is InChI=1S/C5H11NO2/c1-2-3-4-6-8-5-7/h5-6H,2-4H2,1H3. The number of hydroxylamine groups is 1. The molecule has 0 aliphatic heterocycles. The lowest BCUT2D eigenvalue weighted by Crippen LogP contribution is -2.14. The van der Waals surface area contributed by atoms with Crippen LogP contribution in [0.2, 0.25) is 0 Å². The van der Waals surface area contributed by atoms with Crippen LogP contribution < -0.4 is 5.48 Å². The molecule has 0 bridgehead atoms. The molecule has 0 aliphatic carbocycles. The monoisotopic (exact) mass is 117 g/mol. The average molecular weight is 117 g/mol. The van der Waals surface area contributed by atoms with Gasteiger partial charge in [0.25, 0.3) is 0 Å². The largest absolute Gasteiger partial charge is 0.374 e. The van der Waals surface area contributed by atoms with Crippen molar-refractivity contribution in [2.24, 2.45) is 0 Å². The van der Waals surface area contributed by atoms with Crippen LogP contribution in [-0.4, -0.2) is 13.0 Å². The van der Waals surface area contributed by atoms with E-state index in [-0.39, 0.29) is 0 Å². The molecule has 0 heterocycles. The second-order valence-electron chi connectivity index (χ2n) is 1.46. The fraction of sp³-hybridized carbons (Fsp3) is 0.800. The van der Waals surface area contributed by atoms with Crippen LogP contribution in [0, 0.1) is 0 Å². The van der Waals surface area contributed by atoms with E-state index in [4.69, 9.17) is 0 Å². The molecule has 0 rings (SSSR count). The molecule has 48 valence electrons. The highest BCUT2D eigenvalue weighted by Crippen LogP contribution is 1.80. The minimum Gasteiger partial charge on any atom is -0.374 e. The third kappa shape index (κ3) is 5.43. The Morgan fingerprint density at radius 3 is 3.00 bits per heavy atom. The summed E-state index contributed by atoms with van der Waals surface area (Å²) < 4.78 is 0. The minimum absolute atomic E-state index is 0.385. The molecule has 3 nitrogen and oxygen atoms in total. The van der Waals surface area contributed by atoms with Gasteiger partial charge in [-0.05, 0) is 6.42 Å². The van der Waals surface area contributed by atoms with Crippen LogP contribution in [0.5, 0.6) is 0 Å². The van der Waals surface area contributed by atoms with Gasteiger partial charge in [-0.2, -0.15) is 5.48 Å². The molecule has 0 aromatic heterocycles. The third-order valence-corrected chi connectivity index (χ3v) is 0.764. The molecule has 0 fully saturated rings. The topological polar surface area (TPSA) is 38.3 Å². The zero-order valence-electron chi connectivity index (χ0n) is 5.02. The van der Waals surface area contributed by atoms with E-state index in [2.05, 4.69) is 17.2 Å².